The highest BCUT2D eigenvalue weighted by Crippen LogP contribution is 2.17. The van der Waals surface area contributed by atoms with Crippen molar-refractivity contribution < 1.29 is 14.3 Å². The topological polar surface area (TPSA) is 67.4 Å². The van der Waals surface area contributed by atoms with Gasteiger partial charge in [0, 0.05) is 11.3 Å². The zero-order valence-electron chi connectivity index (χ0n) is 18.1. The summed E-state index contributed by atoms with van der Waals surface area (Å²) >= 11 is 0. The van der Waals surface area contributed by atoms with Crippen LogP contribution in [-0.2, 0) is 11.2 Å². The monoisotopic (exact) mass is 416 g/mol. The predicted octanol–water partition coefficient (Wildman–Crippen LogP) is 5.15. The molecule has 0 aliphatic rings. The molecule has 2 atom stereocenters. The van der Waals surface area contributed by atoms with E-state index in [1.54, 1.807) is 31.2 Å². The van der Waals surface area contributed by atoms with Crippen molar-refractivity contribution in [3.8, 4) is 5.75 Å². The molecule has 0 heterocycles. The molecule has 3 rings (SSSR count). The van der Waals surface area contributed by atoms with Crippen LogP contribution >= 0.6 is 0 Å². The predicted molar refractivity (Wildman–Crippen MR) is 123 cm³/mol. The van der Waals surface area contributed by atoms with Crippen LogP contribution in [0, 0.1) is 0 Å². The normalized spacial score (nSPS) is 12.5. The van der Waals surface area contributed by atoms with Gasteiger partial charge in [0.2, 0.25) is 0 Å². The maximum atomic E-state index is 12.6. The first-order valence-electron chi connectivity index (χ1n) is 10.5. The lowest BCUT2D eigenvalue weighted by Crippen LogP contribution is -2.30. The fraction of sp³-hybridized carbons (Fsp3) is 0.231. The first-order valence-corrected chi connectivity index (χ1v) is 10.5. The second-order valence-corrected chi connectivity index (χ2v) is 7.43. The number of anilines is 1. The van der Waals surface area contributed by atoms with Gasteiger partial charge in [0.15, 0.2) is 6.10 Å². The Morgan fingerprint density at radius 2 is 1.61 bits per heavy atom. The molecule has 0 aromatic heterocycles. The summed E-state index contributed by atoms with van der Waals surface area (Å²) in [5.74, 6) is 0.158. The second-order valence-electron chi connectivity index (χ2n) is 7.43. The lowest BCUT2D eigenvalue weighted by Gasteiger charge is -2.16. The van der Waals surface area contributed by atoms with Crippen LogP contribution in [0.5, 0.6) is 5.75 Å². The minimum atomic E-state index is -0.678. The third kappa shape index (κ3) is 6.19. The molecule has 3 aromatic carbocycles. The molecule has 0 aliphatic carbocycles. The molecule has 3 aromatic rings. The first kappa shape index (κ1) is 22.1. The number of benzene rings is 3. The van der Waals surface area contributed by atoms with E-state index in [0.29, 0.717) is 17.0 Å². The van der Waals surface area contributed by atoms with Gasteiger partial charge in [0.25, 0.3) is 11.8 Å². The number of aryl methyl sites for hydroxylation is 1. The van der Waals surface area contributed by atoms with Crippen LogP contribution in [0.4, 0.5) is 5.69 Å². The van der Waals surface area contributed by atoms with Gasteiger partial charge in [-0.1, -0.05) is 55.5 Å². The molecule has 0 bridgehead atoms. The number of rotatable bonds is 8. The van der Waals surface area contributed by atoms with Crippen LogP contribution in [-0.4, -0.2) is 17.9 Å². The number of hydrogen-bond acceptors (Lipinski definition) is 3. The maximum absolute atomic E-state index is 12.6. The van der Waals surface area contributed by atoms with E-state index in [1.807, 2.05) is 61.5 Å². The molecule has 0 radical (unpaired) electrons. The van der Waals surface area contributed by atoms with Gasteiger partial charge in [-0.2, -0.15) is 0 Å². The highest BCUT2D eigenvalue weighted by Gasteiger charge is 2.16. The second kappa shape index (κ2) is 10.4. The summed E-state index contributed by atoms with van der Waals surface area (Å²) in [6.07, 6.45) is 0.271. The first-order chi connectivity index (χ1) is 15.0. The number of hydrogen-bond donors (Lipinski definition) is 2. The Labute approximate surface area is 183 Å². The molecular weight excluding hydrogens is 388 g/mol. The average Bonchev–Trinajstić information content (AvgIpc) is 2.80. The summed E-state index contributed by atoms with van der Waals surface area (Å²) in [4.78, 5) is 25.2. The van der Waals surface area contributed by atoms with Gasteiger partial charge in [-0.05, 0) is 61.7 Å². The Balaban J connectivity index is 1.59. The van der Waals surface area contributed by atoms with Gasteiger partial charge >= 0.3 is 0 Å². The molecule has 0 aliphatic heterocycles. The van der Waals surface area contributed by atoms with E-state index in [0.717, 1.165) is 12.0 Å². The maximum Gasteiger partial charge on any atom is 0.265 e. The van der Waals surface area contributed by atoms with Crippen molar-refractivity contribution in [2.45, 2.75) is 39.3 Å². The van der Waals surface area contributed by atoms with Crippen LogP contribution in [0.2, 0.25) is 0 Å². The summed E-state index contributed by atoms with van der Waals surface area (Å²) in [6.45, 7) is 5.72. The average molecular weight is 417 g/mol. The molecule has 160 valence electrons. The van der Waals surface area contributed by atoms with Crippen molar-refractivity contribution in [1.82, 2.24) is 5.32 Å². The van der Waals surface area contributed by atoms with E-state index in [4.69, 9.17) is 4.74 Å². The summed E-state index contributed by atoms with van der Waals surface area (Å²) in [5.41, 5.74) is 3.26. The van der Waals surface area contributed by atoms with E-state index in [2.05, 4.69) is 17.6 Å². The van der Waals surface area contributed by atoms with Crippen molar-refractivity contribution in [1.29, 1.82) is 0 Å². The summed E-state index contributed by atoms with van der Waals surface area (Å²) in [5, 5.41) is 5.80. The lowest BCUT2D eigenvalue weighted by molar-refractivity contribution is -0.122. The Morgan fingerprint density at radius 3 is 2.29 bits per heavy atom. The minimum absolute atomic E-state index is 0.125. The minimum Gasteiger partial charge on any atom is -0.481 e. The fourth-order valence-corrected chi connectivity index (χ4v) is 3.15. The van der Waals surface area contributed by atoms with E-state index in [1.165, 1.54) is 5.56 Å². The van der Waals surface area contributed by atoms with Crippen molar-refractivity contribution >= 4 is 17.5 Å². The highest BCUT2D eigenvalue weighted by atomic mass is 16.5. The van der Waals surface area contributed by atoms with Gasteiger partial charge in [0.05, 0.1) is 6.04 Å². The zero-order valence-corrected chi connectivity index (χ0v) is 18.1. The van der Waals surface area contributed by atoms with Crippen LogP contribution in [0.1, 0.15) is 48.3 Å². The molecule has 31 heavy (non-hydrogen) atoms. The summed E-state index contributed by atoms with van der Waals surface area (Å²) < 4.78 is 5.74. The SMILES string of the molecule is CCc1ccc(OC(C)C(=O)Nc2cccc(C(=O)NC(C)c3ccccc3)c2)cc1. The number of carbonyl (C=O) groups excluding carboxylic acids is 2. The Kier molecular flexibility index (Phi) is 7.44. The molecule has 2 amide bonds. The van der Waals surface area contributed by atoms with Crippen molar-refractivity contribution in [3.05, 3.63) is 95.6 Å². The largest absolute Gasteiger partial charge is 0.481 e. The molecule has 5 heteroatoms. The fourth-order valence-electron chi connectivity index (χ4n) is 3.15. The van der Waals surface area contributed by atoms with Crippen LogP contribution < -0.4 is 15.4 Å². The van der Waals surface area contributed by atoms with Gasteiger partial charge in [-0.15, -0.1) is 0 Å². The van der Waals surface area contributed by atoms with Gasteiger partial charge in [-0.25, -0.2) is 0 Å². The van der Waals surface area contributed by atoms with Crippen molar-refractivity contribution in [2.24, 2.45) is 0 Å². The number of ether oxygens (including phenoxy) is 1. The van der Waals surface area contributed by atoms with E-state index in [9.17, 15) is 9.59 Å². The number of carbonyl (C=O) groups is 2. The molecule has 0 spiro atoms. The number of amides is 2. The molecule has 2 N–H and O–H groups in total. The quantitative estimate of drug-likeness (QED) is 0.534. The van der Waals surface area contributed by atoms with Crippen molar-refractivity contribution in [2.75, 3.05) is 5.32 Å². The summed E-state index contributed by atoms with van der Waals surface area (Å²) in [6, 6.07) is 24.2. The Morgan fingerprint density at radius 1 is 0.903 bits per heavy atom. The van der Waals surface area contributed by atoms with Crippen molar-refractivity contribution in [3.63, 3.8) is 0 Å². The third-order valence-electron chi connectivity index (χ3n) is 5.05. The molecule has 0 saturated heterocycles. The van der Waals surface area contributed by atoms with Crippen LogP contribution in [0.25, 0.3) is 0 Å². The number of nitrogens with one attached hydrogen (secondary N) is 2. The van der Waals surface area contributed by atoms with Crippen LogP contribution in [0.3, 0.4) is 0 Å². The molecule has 0 fully saturated rings. The van der Waals surface area contributed by atoms with Gasteiger partial charge in [0.1, 0.15) is 5.75 Å². The summed E-state index contributed by atoms with van der Waals surface area (Å²) in [7, 11) is 0. The van der Waals surface area contributed by atoms with E-state index in [-0.39, 0.29) is 17.9 Å². The molecular formula is C26H28N2O3. The van der Waals surface area contributed by atoms with Gasteiger partial charge < -0.3 is 15.4 Å². The Hall–Kier alpha value is -3.60. The third-order valence-corrected chi connectivity index (χ3v) is 5.05. The van der Waals surface area contributed by atoms with E-state index < -0.39 is 6.10 Å². The molecule has 0 saturated carbocycles. The van der Waals surface area contributed by atoms with Crippen LogP contribution in [0.15, 0.2) is 78.9 Å². The smallest absolute Gasteiger partial charge is 0.265 e. The van der Waals surface area contributed by atoms with Gasteiger partial charge in [-0.3, -0.25) is 9.59 Å². The lowest BCUT2D eigenvalue weighted by atomic mass is 10.1. The van der Waals surface area contributed by atoms with E-state index >= 15 is 0 Å². The Bertz CT molecular complexity index is 1020. The molecule has 5 nitrogen and oxygen atoms in total. The highest BCUT2D eigenvalue weighted by molar-refractivity contribution is 5.98. The standard InChI is InChI=1S/C26H28N2O3/c1-4-20-13-15-24(16-14-20)31-19(3)25(29)28-23-12-8-11-22(17-23)26(30)27-18(2)21-9-6-5-7-10-21/h5-19H,4H2,1-3H3,(H,27,30)(H,28,29). The molecule has 2 unspecified atom stereocenters. The zero-order chi connectivity index (χ0) is 22.2.